The van der Waals surface area contributed by atoms with Crippen molar-refractivity contribution < 1.29 is 18.8 Å². The Kier molecular flexibility index (Phi) is 4.84. The van der Waals surface area contributed by atoms with Gasteiger partial charge in [-0.3, -0.25) is 10.1 Å². The summed E-state index contributed by atoms with van der Waals surface area (Å²) in [4.78, 5) is 9.89. The molecule has 0 saturated carbocycles. The van der Waals surface area contributed by atoms with Crippen LogP contribution in [0.5, 0.6) is 5.75 Å². The summed E-state index contributed by atoms with van der Waals surface area (Å²) in [6.07, 6.45) is 0. The van der Waals surface area contributed by atoms with Crippen LogP contribution in [0.15, 0.2) is 42.5 Å². The van der Waals surface area contributed by atoms with Gasteiger partial charge in [-0.1, -0.05) is 18.2 Å². The zero-order chi connectivity index (χ0) is 15.2. The molecule has 0 saturated heterocycles. The fourth-order valence-corrected chi connectivity index (χ4v) is 1.86. The molecular formula is C15H14FNO4. The third-order valence-electron chi connectivity index (χ3n) is 2.96. The first-order chi connectivity index (χ1) is 10.1. The van der Waals surface area contributed by atoms with Crippen LogP contribution in [0.4, 0.5) is 10.1 Å². The molecule has 2 rings (SSSR count). The standard InChI is InChI=1S/C15H14FNO4/c1-20-15-5-3-2-4-12(15)10-21-9-11-6-7-13(17(18)19)8-14(11)16/h2-8H,9-10H2,1H3. The molecule has 0 aromatic heterocycles. The van der Waals surface area contributed by atoms with Gasteiger partial charge in [0.15, 0.2) is 0 Å². The normalized spacial score (nSPS) is 10.4. The van der Waals surface area contributed by atoms with E-state index in [0.29, 0.717) is 5.75 Å². The Labute approximate surface area is 121 Å². The van der Waals surface area contributed by atoms with Crippen LogP contribution in [0.1, 0.15) is 11.1 Å². The molecular weight excluding hydrogens is 277 g/mol. The first-order valence-electron chi connectivity index (χ1n) is 6.24. The first-order valence-corrected chi connectivity index (χ1v) is 6.24. The lowest BCUT2D eigenvalue weighted by Gasteiger charge is -2.09. The van der Waals surface area contributed by atoms with Crippen LogP contribution in [-0.4, -0.2) is 12.0 Å². The van der Waals surface area contributed by atoms with E-state index >= 15 is 0 Å². The Morgan fingerprint density at radius 3 is 2.52 bits per heavy atom. The zero-order valence-corrected chi connectivity index (χ0v) is 11.4. The number of para-hydroxylation sites is 1. The predicted molar refractivity (Wildman–Crippen MR) is 74.5 cm³/mol. The Balaban J connectivity index is 1.99. The molecule has 0 spiro atoms. The van der Waals surface area contributed by atoms with Crippen LogP contribution in [-0.2, 0) is 18.0 Å². The van der Waals surface area contributed by atoms with Crippen molar-refractivity contribution in [3.8, 4) is 5.75 Å². The van der Waals surface area contributed by atoms with Gasteiger partial charge in [0, 0.05) is 17.2 Å². The van der Waals surface area contributed by atoms with Crippen molar-refractivity contribution in [2.45, 2.75) is 13.2 Å². The van der Waals surface area contributed by atoms with Crippen molar-refractivity contribution in [2.24, 2.45) is 0 Å². The van der Waals surface area contributed by atoms with E-state index in [9.17, 15) is 14.5 Å². The van der Waals surface area contributed by atoms with Crippen molar-refractivity contribution >= 4 is 5.69 Å². The summed E-state index contributed by atoms with van der Waals surface area (Å²) in [5.74, 6) is 0.0471. The first kappa shape index (κ1) is 14.9. The fraction of sp³-hybridized carbons (Fsp3) is 0.200. The van der Waals surface area contributed by atoms with E-state index < -0.39 is 10.7 Å². The highest BCUT2D eigenvalue weighted by molar-refractivity contribution is 5.34. The van der Waals surface area contributed by atoms with Gasteiger partial charge in [0.2, 0.25) is 0 Å². The largest absolute Gasteiger partial charge is 0.496 e. The van der Waals surface area contributed by atoms with Gasteiger partial charge in [-0.05, 0) is 12.1 Å². The number of nitro groups is 1. The summed E-state index contributed by atoms with van der Waals surface area (Å²) < 4.78 is 24.3. The third kappa shape index (κ3) is 3.76. The molecule has 0 radical (unpaired) electrons. The number of hydrogen-bond acceptors (Lipinski definition) is 4. The molecule has 0 bridgehead atoms. The highest BCUT2D eigenvalue weighted by Crippen LogP contribution is 2.20. The number of halogens is 1. The van der Waals surface area contributed by atoms with Gasteiger partial charge in [-0.2, -0.15) is 0 Å². The molecule has 0 aliphatic rings. The molecule has 110 valence electrons. The molecule has 0 aliphatic heterocycles. The summed E-state index contributed by atoms with van der Waals surface area (Å²) in [5, 5.41) is 10.5. The average Bonchev–Trinajstić information content (AvgIpc) is 2.49. The Morgan fingerprint density at radius 1 is 1.14 bits per heavy atom. The van der Waals surface area contributed by atoms with Crippen LogP contribution in [0, 0.1) is 15.9 Å². The summed E-state index contributed by atoms with van der Waals surface area (Å²) in [6, 6.07) is 10.9. The molecule has 0 amide bonds. The highest BCUT2D eigenvalue weighted by Gasteiger charge is 2.11. The number of nitrogens with zero attached hydrogens (tertiary/aromatic N) is 1. The molecule has 6 heteroatoms. The number of methoxy groups -OCH3 is 1. The van der Waals surface area contributed by atoms with Crippen molar-refractivity contribution in [1.29, 1.82) is 0 Å². The summed E-state index contributed by atoms with van der Waals surface area (Å²) in [7, 11) is 1.56. The van der Waals surface area contributed by atoms with Gasteiger partial charge in [0.25, 0.3) is 5.69 Å². The minimum atomic E-state index is -0.649. The number of non-ortho nitro benzene ring substituents is 1. The second-order valence-electron chi connectivity index (χ2n) is 4.34. The second kappa shape index (κ2) is 6.81. The van der Waals surface area contributed by atoms with E-state index in [1.54, 1.807) is 7.11 Å². The Bertz CT molecular complexity index is 645. The van der Waals surface area contributed by atoms with E-state index in [1.807, 2.05) is 24.3 Å². The van der Waals surface area contributed by atoms with Crippen molar-refractivity contribution in [1.82, 2.24) is 0 Å². The monoisotopic (exact) mass is 291 g/mol. The fourth-order valence-electron chi connectivity index (χ4n) is 1.86. The van der Waals surface area contributed by atoms with Crippen LogP contribution in [0.3, 0.4) is 0 Å². The number of benzene rings is 2. The lowest BCUT2D eigenvalue weighted by molar-refractivity contribution is -0.385. The molecule has 2 aromatic rings. The van der Waals surface area contributed by atoms with E-state index in [4.69, 9.17) is 9.47 Å². The summed E-state index contributed by atoms with van der Waals surface area (Å²) in [6.45, 7) is 0.294. The van der Waals surface area contributed by atoms with Crippen LogP contribution in [0.2, 0.25) is 0 Å². The topological polar surface area (TPSA) is 61.6 Å². The number of nitro benzene ring substituents is 1. The molecule has 0 N–H and O–H groups in total. The minimum absolute atomic E-state index is 0.0296. The maximum Gasteiger partial charge on any atom is 0.272 e. The Morgan fingerprint density at radius 2 is 1.86 bits per heavy atom. The molecule has 21 heavy (non-hydrogen) atoms. The predicted octanol–water partition coefficient (Wildman–Crippen LogP) is 3.46. The van der Waals surface area contributed by atoms with Gasteiger partial charge in [-0.15, -0.1) is 0 Å². The lowest BCUT2D eigenvalue weighted by atomic mass is 10.2. The average molecular weight is 291 g/mol. The number of hydrogen-bond donors (Lipinski definition) is 0. The molecule has 5 nitrogen and oxygen atoms in total. The van der Waals surface area contributed by atoms with Gasteiger partial charge in [0.05, 0.1) is 31.3 Å². The van der Waals surface area contributed by atoms with Crippen molar-refractivity contribution in [2.75, 3.05) is 7.11 Å². The number of ether oxygens (including phenoxy) is 2. The maximum absolute atomic E-state index is 13.7. The van der Waals surface area contributed by atoms with E-state index in [2.05, 4.69) is 0 Å². The zero-order valence-electron chi connectivity index (χ0n) is 11.4. The van der Waals surface area contributed by atoms with Crippen molar-refractivity contribution in [3.63, 3.8) is 0 Å². The summed E-state index contributed by atoms with van der Waals surface area (Å²) >= 11 is 0. The van der Waals surface area contributed by atoms with E-state index in [-0.39, 0.29) is 24.5 Å². The Hall–Kier alpha value is -2.47. The minimum Gasteiger partial charge on any atom is -0.496 e. The third-order valence-corrected chi connectivity index (χ3v) is 2.96. The highest BCUT2D eigenvalue weighted by atomic mass is 19.1. The van der Waals surface area contributed by atoms with E-state index in [0.717, 1.165) is 11.6 Å². The van der Waals surface area contributed by atoms with E-state index in [1.165, 1.54) is 12.1 Å². The quantitative estimate of drug-likeness (QED) is 0.604. The second-order valence-corrected chi connectivity index (χ2v) is 4.34. The lowest BCUT2D eigenvalue weighted by Crippen LogP contribution is -1.99. The molecule has 0 heterocycles. The van der Waals surface area contributed by atoms with Crippen molar-refractivity contribution in [3.05, 3.63) is 69.5 Å². The molecule has 0 unspecified atom stereocenters. The van der Waals surface area contributed by atoms with Crippen LogP contribution >= 0.6 is 0 Å². The SMILES string of the molecule is COc1ccccc1COCc1ccc([N+](=O)[O-])cc1F. The molecule has 0 fully saturated rings. The van der Waals surface area contributed by atoms with Gasteiger partial charge in [0.1, 0.15) is 11.6 Å². The molecule has 0 atom stereocenters. The van der Waals surface area contributed by atoms with Gasteiger partial charge in [-0.25, -0.2) is 4.39 Å². The smallest absolute Gasteiger partial charge is 0.272 e. The van der Waals surface area contributed by atoms with Gasteiger partial charge < -0.3 is 9.47 Å². The maximum atomic E-state index is 13.7. The number of rotatable bonds is 6. The molecule has 0 aliphatic carbocycles. The summed E-state index contributed by atoms with van der Waals surface area (Å²) in [5.41, 5.74) is 0.846. The van der Waals surface area contributed by atoms with Gasteiger partial charge >= 0.3 is 0 Å². The van der Waals surface area contributed by atoms with Crippen LogP contribution < -0.4 is 4.74 Å². The van der Waals surface area contributed by atoms with Crippen LogP contribution in [0.25, 0.3) is 0 Å². The molecule has 2 aromatic carbocycles.